The summed E-state index contributed by atoms with van der Waals surface area (Å²) in [6, 6.07) is 8.24. The van der Waals surface area contributed by atoms with Crippen LogP contribution in [0.5, 0.6) is 0 Å². The zero-order valence-corrected chi connectivity index (χ0v) is 12.0. The van der Waals surface area contributed by atoms with Gasteiger partial charge in [0.05, 0.1) is 5.54 Å². The van der Waals surface area contributed by atoms with Gasteiger partial charge in [-0.2, -0.15) is 0 Å². The number of carbonyl (C=O) groups excluding carboxylic acids is 1. The summed E-state index contributed by atoms with van der Waals surface area (Å²) in [6.45, 7) is 5.73. The van der Waals surface area contributed by atoms with Gasteiger partial charge in [-0.3, -0.25) is 4.79 Å². The van der Waals surface area contributed by atoms with Gasteiger partial charge >= 0.3 is 0 Å². The van der Waals surface area contributed by atoms with E-state index in [-0.39, 0.29) is 5.91 Å². The van der Waals surface area contributed by atoms with Crippen LogP contribution in [0.1, 0.15) is 43.7 Å². The maximum Gasteiger partial charge on any atom is 0.242 e. The van der Waals surface area contributed by atoms with Crippen LogP contribution in [0, 0.1) is 6.92 Å². The lowest BCUT2D eigenvalue weighted by atomic mass is 10.1. The fourth-order valence-electron chi connectivity index (χ4n) is 2.26. The molecule has 0 aromatic heterocycles. The van der Waals surface area contributed by atoms with Crippen LogP contribution in [0.4, 0.5) is 0 Å². The van der Waals surface area contributed by atoms with Crippen LogP contribution in [-0.4, -0.2) is 22.9 Å². The Balaban J connectivity index is 2.09. The standard InChI is InChI=1S/C16H24N2O/c1-3-4-11-18(15(19)16(17)9-10-16)12-14-8-6-5-7-13(14)2/h5-8H,3-4,9-12,17H2,1-2H3. The summed E-state index contributed by atoms with van der Waals surface area (Å²) in [4.78, 5) is 14.4. The Bertz CT molecular complexity index is 452. The molecule has 1 saturated carbocycles. The predicted molar refractivity (Wildman–Crippen MR) is 77.7 cm³/mol. The Hall–Kier alpha value is -1.35. The van der Waals surface area contributed by atoms with E-state index in [2.05, 4.69) is 26.0 Å². The largest absolute Gasteiger partial charge is 0.337 e. The maximum absolute atomic E-state index is 12.4. The van der Waals surface area contributed by atoms with Crippen molar-refractivity contribution in [1.29, 1.82) is 0 Å². The van der Waals surface area contributed by atoms with Crippen LogP contribution in [0.15, 0.2) is 24.3 Å². The lowest BCUT2D eigenvalue weighted by Crippen LogP contribution is -2.45. The van der Waals surface area contributed by atoms with Crippen molar-refractivity contribution >= 4 is 5.91 Å². The van der Waals surface area contributed by atoms with Gasteiger partial charge in [0.25, 0.3) is 0 Å². The average Bonchev–Trinajstić information content (AvgIpc) is 3.15. The molecule has 1 fully saturated rings. The number of nitrogens with two attached hydrogens (primary N) is 1. The third kappa shape index (κ3) is 3.35. The van der Waals surface area contributed by atoms with Crippen molar-refractivity contribution in [1.82, 2.24) is 4.90 Å². The minimum Gasteiger partial charge on any atom is -0.337 e. The Morgan fingerprint density at radius 2 is 2.05 bits per heavy atom. The number of aryl methyl sites for hydroxylation is 1. The third-order valence-corrected chi connectivity index (χ3v) is 3.91. The molecule has 0 radical (unpaired) electrons. The van der Waals surface area contributed by atoms with E-state index in [4.69, 9.17) is 5.73 Å². The number of hydrogen-bond acceptors (Lipinski definition) is 2. The second-order valence-electron chi connectivity index (χ2n) is 5.66. The fourth-order valence-corrected chi connectivity index (χ4v) is 2.26. The Morgan fingerprint density at radius 1 is 1.37 bits per heavy atom. The molecule has 1 amide bonds. The van der Waals surface area contributed by atoms with Gasteiger partial charge in [-0.15, -0.1) is 0 Å². The van der Waals surface area contributed by atoms with Crippen molar-refractivity contribution < 1.29 is 4.79 Å². The number of hydrogen-bond donors (Lipinski definition) is 1. The fraction of sp³-hybridized carbons (Fsp3) is 0.562. The van der Waals surface area contributed by atoms with Gasteiger partial charge in [-0.25, -0.2) is 0 Å². The molecule has 0 spiro atoms. The molecule has 1 aromatic rings. The highest BCUT2D eigenvalue weighted by Gasteiger charge is 2.47. The summed E-state index contributed by atoms with van der Waals surface area (Å²) in [5.41, 5.74) is 7.96. The Kier molecular flexibility index (Phi) is 4.25. The molecule has 0 atom stereocenters. The Morgan fingerprint density at radius 3 is 2.63 bits per heavy atom. The first kappa shape index (κ1) is 14.1. The molecule has 2 rings (SSSR count). The minimum absolute atomic E-state index is 0.129. The van der Waals surface area contributed by atoms with Crippen molar-refractivity contribution in [2.24, 2.45) is 5.73 Å². The van der Waals surface area contributed by atoms with E-state index in [0.29, 0.717) is 6.54 Å². The lowest BCUT2D eigenvalue weighted by molar-refractivity contribution is -0.134. The molecule has 0 saturated heterocycles. The summed E-state index contributed by atoms with van der Waals surface area (Å²) < 4.78 is 0. The minimum atomic E-state index is -0.559. The van der Waals surface area contributed by atoms with Crippen LogP contribution in [0.25, 0.3) is 0 Å². The maximum atomic E-state index is 12.4. The second-order valence-corrected chi connectivity index (χ2v) is 5.66. The molecule has 0 heterocycles. The van der Waals surface area contributed by atoms with Crippen molar-refractivity contribution in [2.45, 2.75) is 51.6 Å². The first-order valence-corrected chi connectivity index (χ1v) is 7.19. The molecule has 104 valence electrons. The molecular weight excluding hydrogens is 236 g/mol. The van der Waals surface area contributed by atoms with Gasteiger partial charge in [-0.1, -0.05) is 37.6 Å². The molecule has 0 unspecified atom stereocenters. The number of rotatable bonds is 6. The van der Waals surface area contributed by atoms with E-state index >= 15 is 0 Å². The van der Waals surface area contributed by atoms with E-state index in [0.717, 1.165) is 32.2 Å². The molecule has 1 aliphatic rings. The van der Waals surface area contributed by atoms with Gasteiger partial charge in [0.15, 0.2) is 0 Å². The molecule has 1 aromatic carbocycles. The first-order valence-electron chi connectivity index (χ1n) is 7.19. The summed E-state index contributed by atoms with van der Waals surface area (Å²) in [6.07, 6.45) is 3.80. The molecule has 0 bridgehead atoms. The number of amides is 1. The van der Waals surface area contributed by atoms with E-state index in [1.807, 2.05) is 17.0 Å². The molecule has 2 N–H and O–H groups in total. The average molecular weight is 260 g/mol. The Labute approximate surface area is 115 Å². The number of unbranched alkanes of at least 4 members (excludes halogenated alkanes) is 1. The van der Waals surface area contributed by atoms with Gasteiger partial charge in [0.1, 0.15) is 0 Å². The molecular formula is C16H24N2O. The summed E-state index contributed by atoms with van der Waals surface area (Å²) in [7, 11) is 0. The summed E-state index contributed by atoms with van der Waals surface area (Å²) in [5, 5.41) is 0. The van der Waals surface area contributed by atoms with Crippen LogP contribution in [0.2, 0.25) is 0 Å². The highest BCUT2D eigenvalue weighted by molar-refractivity contribution is 5.89. The normalized spacial score (nSPS) is 16.2. The molecule has 19 heavy (non-hydrogen) atoms. The van der Waals surface area contributed by atoms with Crippen molar-refractivity contribution in [3.05, 3.63) is 35.4 Å². The van der Waals surface area contributed by atoms with E-state index in [1.54, 1.807) is 0 Å². The van der Waals surface area contributed by atoms with Gasteiger partial charge in [0, 0.05) is 13.1 Å². The van der Waals surface area contributed by atoms with Crippen LogP contribution in [-0.2, 0) is 11.3 Å². The number of nitrogens with zero attached hydrogens (tertiary/aromatic N) is 1. The summed E-state index contributed by atoms with van der Waals surface area (Å²) in [5.74, 6) is 0.129. The zero-order valence-electron chi connectivity index (χ0n) is 12.0. The van der Waals surface area contributed by atoms with Crippen LogP contribution < -0.4 is 5.73 Å². The topological polar surface area (TPSA) is 46.3 Å². The molecule has 1 aliphatic carbocycles. The molecule has 3 heteroatoms. The van der Waals surface area contributed by atoms with Crippen LogP contribution >= 0.6 is 0 Å². The van der Waals surface area contributed by atoms with E-state index < -0.39 is 5.54 Å². The van der Waals surface area contributed by atoms with Crippen molar-refractivity contribution in [3.63, 3.8) is 0 Å². The van der Waals surface area contributed by atoms with Gasteiger partial charge in [0.2, 0.25) is 5.91 Å². The van der Waals surface area contributed by atoms with Crippen molar-refractivity contribution in [3.8, 4) is 0 Å². The SMILES string of the molecule is CCCCN(Cc1ccccc1C)C(=O)C1(N)CC1. The van der Waals surface area contributed by atoms with E-state index in [1.165, 1.54) is 11.1 Å². The third-order valence-electron chi connectivity index (χ3n) is 3.91. The van der Waals surface area contributed by atoms with Crippen LogP contribution in [0.3, 0.4) is 0 Å². The molecule has 3 nitrogen and oxygen atoms in total. The van der Waals surface area contributed by atoms with Gasteiger partial charge < -0.3 is 10.6 Å². The zero-order chi connectivity index (χ0) is 13.9. The monoisotopic (exact) mass is 260 g/mol. The van der Waals surface area contributed by atoms with Crippen molar-refractivity contribution in [2.75, 3.05) is 6.54 Å². The predicted octanol–water partition coefficient (Wildman–Crippen LogP) is 2.62. The first-order chi connectivity index (χ1) is 9.07. The lowest BCUT2D eigenvalue weighted by Gasteiger charge is -2.26. The highest BCUT2D eigenvalue weighted by atomic mass is 16.2. The number of benzene rings is 1. The second kappa shape index (κ2) is 5.74. The van der Waals surface area contributed by atoms with Gasteiger partial charge in [-0.05, 0) is 37.3 Å². The number of carbonyl (C=O) groups is 1. The highest BCUT2D eigenvalue weighted by Crippen LogP contribution is 2.34. The summed E-state index contributed by atoms with van der Waals surface area (Å²) >= 11 is 0. The quantitative estimate of drug-likeness (QED) is 0.854. The molecule has 0 aliphatic heterocycles. The smallest absolute Gasteiger partial charge is 0.242 e. The van der Waals surface area contributed by atoms with E-state index in [9.17, 15) is 4.79 Å².